The SMILES string of the molecule is O=c1c2ccccc2c2nccc3c4cc(-c5ccccn5)ccc4n1c32. The van der Waals surface area contributed by atoms with E-state index in [4.69, 9.17) is 0 Å². The lowest BCUT2D eigenvalue weighted by atomic mass is 10.1. The van der Waals surface area contributed by atoms with E-state index in [-0.39, 0.29) is 5.56 Å². The van der Waals surface area contributed by atoms with Gasteiger partial charge in [-0.1, -0.05) is 30.3 Å². The van der Waals surface area contributed by atoms with Crippen LogP contribution in [0.25, 0.3) is 49.4 Å². The van der Waals surface area contributed by atoms with E-state index in [0.717, 1.165) is 44.0 Å². The molecule has 0 bridgehead atoms. The Morgan fingerprint density at radius 3 is 2.41 bits per heavy atom. The normalized spacial score (nSPS) is 11.9. The minimum Gasteiger partial charge on any atom is -0.273 e. The Balaban J connectivity index is 1.86. The Morgan fingerprint density at radius 2 is 1.56 bits per heavy atom. The third kappa shape index (κ3) is 1.84. The van der Waals surface area contributed by atoms with Crippen molar-refractivity contribution in [2.75, 3.05) is 0 Å². The van der Waals surface area contributed by atoms with E-state index >= 15 is 0 Å². The molecule has 6 rings (SSSR count). The van der Waals surface area contributed by atoms with Crippen molar-refractivity contribution in [3.8, 4) is 11.3 Å². The van der Waals surface area contributed by atoms with Gasteiger partial charge in [0.1, 0.15) is 0 Å². The van der Waals surface area contributed by atoms with Crippen LogP contribution in [0.3, 0.4) is 0 Å². The van der Waals surface area contributed by atoms with Gasteiger partial charge in [0.05, 0.1) is 22.2 Å². The summed E-state index contributed by atoms with van der Waals surface area (Å²) in [4.78, 5) is 22.3. The van der Waals surface area contributed by atoms with E-state index in [9.17, 15) is 4.79 Å². The lowest BCUT2D eigenvalue weighted by molar-refractivity contribution is 1.20. The zero-order valence-electron chi connectivity index (χ0n) is 14.3. The van der Waals surface area contributed by atoms with E-state index in [1.807, 2.05) is 66.9 Å². The Hall–Kier alpha value is -3.79. The molecule has 0 aliphatic heterocycles. The summed E-state index contributed by atoms with van der Waals surface area (Å²) in [6.07, 6.45) is 3.61. The number of benzene rings is 2. The van der Waals surface area contributed by atoms with Crippen molar-refractivity contribution >= 4 is 38.1 Å². The topological polar surface area (TPSA) is 47.3 Å². The van der Waals surface area contributed by atoms with Crippen LogP contribution in [0.5, 0.6) is 0 Å². The van der Waals surface area contributed by atoms with Gasteiger partial charge in [0.25, 0.3) is 5.56 Å². The molecule has 0 spiro atoms. The van der Waals surface area contributed by atoms with Crippen molar-refractivity contribution in [2.45, 2.75) is 0 Å². The highest BCUT2D eigenvalue weighted by atomic mass is 16.1. The highest BCUT2D eigenvalue weighted by Gasteiger charge is 2.17. The fourth-order valence-corrected chi connectivity index (χ4v) is 4.06. The molecule has 0 radical (unpaired) electrons. The van der Waals surface area contributed by atoms with Crippen LogP contribution < -0.4 is 5.56 Å². The number of hydrogen-bond donors (Lipinski definition) is 0. The summed E-state index contributed by atoms with van der Waals surface area (Å²) in [6.45, 7) is 0. The molecule has 0 N–H and O–H groups in total. The summed E-state index contributed by atoms with van der Waals surface area (Å²) in [5.74, 6) is 0. The molecule has 27 heavy (non-hydrogen) atoms. The van der Waals surface area contributed by atoms with Crippen LogP contribution in [-0.2, 0) is 0 Å². The van der Waals surface area contributed by atoms with Crippen molar-refractivity contribution in [1.82, 2.24) is 14.4 Å². The predicted octanol–water partition coefficient (Wildman–Crippen LogP) is 4.65. The number of pyridine rings is 3. The van der Waals surface area contributed by atoms with Crippen molar-refractivity contribution in [2.24, 2.45) is 0 Å². The number of fused-ring (bicyclic) bond motifs is 5. The maximum Gasteiger partial charge on any atom is 0.263 e. The number of aromatic nitrogens is 3. The summed E-state index contributed by atoms with van der Waals surface area (Å²) in [5.41, 5.74) is 4.59. The molecule has 0 aliphatic carbocycles. The van der Waals surface area contributed by atoms with Crippen molar-refractivity contribution in [3.63, 3.8) is 0 Å². The maximum absolute atomic E-state index is 13.2. The molecule has 0 saturated carbocycles. The number of hydrogen-bond acceptors (Lipinski definition) is 3. The summed E-state index contributed by atoms with van der Waals surface area (Å²) in [7, 11) is 0. The van der Waals surface area contributed by atoms with Gasteiger partial charge in [-0.05, 0) is 36.4 Å². The van der Waals surface area contributed by atoms with E-state index in [1.165, 1.54) is 0 Å². The molecule has 0 aliphatic rings. The van der Waals surface area contributed by atoms with Crippen LogP contribution in [-0.4, -0.2) is 14.4 Å². The van der Waals surface area contributed by atoms with Gasteiger partial charge in [0, 0.05) is 39.5 Å². The molecule has 6 aromatic rings. The second kappa shape index (κ2) is 5.11. The van der Waals surface area contributed by atoms with Crippen LogP contribution in [0.4, 0.5) is 0 Å². The first kappa shape index (κ1) is 14.4. The standard InChI is InChI=1S/C23H13N3O/c27-23-17-6-2-1-5-15(17)21-22-16(10-12-25-21)18-13-14(8-9-20(18)26(22)23)19-7-3-4-11-24-19/h1-13H. The fourth-order valence-electron chi connectivity index (χ4n) is 4.06. The quantitative estimate of drug-likeness (QED) is 0.407. The Morgan fingerprint density at radius 1 is 0.704 bits per heavy atom. The van der Waals surface area contributed by atoms with Gasteiger partial charge in [-0.15, -0.1) is 0 Å². The third-order valence-corrected chi connectivity index (χ3v) is 5.25. The largest absolute Gasteiger partial charge is 0.273 e. The molecule has 126 valence electrons. The predicted molar refractivity (Wildman–Crippen MR) is 108 cm³/mol. The van der Waals surface area contributed by atoms with Crippen LogP contribution in [0.15, 0.2) is 83.9 Å². The smallest absolute Gasteiger partial charge is 0.263 e. The first-order chi connectivity index (χ1) is 13.3. The molecule has 2 aromatic carbocycles. The molecule has 0 fully saturated rings. The molecular formula is C23H13N3O. The highest BCUT2D eigenvalue weighted by Crippen LogP contribution is 2.34. The first-order valence-electron chi connectivity index (χ1n) is 8.81. The van der Waals surface area contributed by atoms with Gasteiger partial charge >= 0.3 is 0 Å². The summed E-state index contributed by atoms with van der Waals surface area (Å²) >= 11 is 0. The lowest BCUT2D eigenvalue weighted by Gasteiger charge is -2.04. The highest BCUT2D eigenvalue weighted by molar-refractivity contribution is 6.19. The summed E-state index contributed by atoms with van der Waals surface area (Å²) in [6, 6.07) is 21.7. The van der Waals surface area contributed by atoms with Crippen molar-refractivity contribution in [1.29, 1.82) is 0 Å². The van der Waals surface area contributed by atoms with Crippen LogP contribution in [0.1, 0.15) is 0 Å². The van der Waals surface area contributed by atoms with E-state index < -0.39 is 0 Å². The molecule has 0 amide bonds. The molecule has 4 heteroatoms. The molecule has 4 heterocycles. The second-order valence-corrected chi connectivity index (χ2v) is 6.69. The van der Waals surface area contributed by atoms with E-state index in [1.54, 1.807) is 10.6 Å². The molecular weight excluding hydrogens is 334 g/mol. The monoisotopic (exact) mass is 347 g/mol. The van der Waals surface area contributed by atoms with Crippen LogP contribution in [0, 0.1) is 0 Å². The Bertz CT molecular complexity index is 1530. The van der Waals surface area contributed by atoms with Gasteiger partial charge in [0.2, 0.25) is 0 Å². The molecule has 4 nitrogen and oxygen atoms in total. The van der Waals surface area contributed by atoms with Crippen molar-refractivity contribution < 1.29 is 0 Å². The van der Waals surface area contributed by atoms with Gasteiger partial charge in [-0.25, -0.2) is 0 Å². The van der Waals surface area contributed by atoms with Crippen LogP contribution >= 0.6 is 0 Å². The Kier molecular flexibility index (Phi) is 2.72. The number of rotatable bonds is 1. The first-order valence-corrected chi connectivity index (χ1v) is 8.81. The lowest BCUT2D eigenvalue weighted by Crippen LogP contribution is -2.13. The zero-order valence-corrected chi connectivity index (χ0v) is 14.3. The summed E-state index contributed by atoms with van der Waals surface area (Å²) in [5, 5.41) is 3.67. The zero-order chi connectivity index (χ0) is 18.0. The van der Waals surface area contributed by atoms with E-state index in [0.29, 0.717) is 5.39 Å². The third-order valence-electron chi connectivity index (χ3n) is 5.25. The van der Waals surface area contributed by atoms with Gasteiger partial charge in [0.15, 0.2) is 0 Å². The van der Waals surface area contributed by atoms with Gasteiger partial charge in [-0.3, -0.25) is 19.2 Å². The second-order valence-electron chi connectivity index (χ2n) is 6.69. The molecule has 0 unspecified atom stereocenters. The van der Waals surface area contributed by atoms with Gasteiger partial charge < -0.3 is 0 Å². The molecule has 0 atom stereocenters. The Labute approximate surface area is 153 Å². The maximum atomic E-state index is 13.2. The average molecular weight is 347 g/mol. The fraction of sp³-hybridized carbons (Fsp3) is 0. The molecule has 4 aromatic heterocycles. The average Bonchev–Trinajstić information content (AvgIpc) is 3.07. The minimum atomic E-state index is -0.00307. The molecule has 0 saturated heterocycles. The van der Waals surface area contributed by atoms with E-state index in [2.05, 4.69) is 16.0 Å². The number of nitrogens with zero attached hydrogens (tertiary/aromatic N) is 3. The van der Waals surface area contributed by atoms with Crippen molar-refractivity contribution in [3.05, 3.63) is 89.5 Å². The van der Waals surface area contributed by atoms with Crippen LogP contribution in [0.2, 0.25) is 0 Å². The summed E-state index contributed by atoms with van der Waals surface area (Å²) < 4.78 is 1.80. The van der Waals surface area contributed by atoms with Gasteiger partial charge in [-0.2, -0.15) is 0 Å². The minimum absolute atomic E-state index is 0.00307.